The average molecular weight is 582 g/mol. The SMILES string of the molecule is CCCCc1nc2ccc(Br)cc2c(=O)n1N=Cc1cc(Cl)ccc1OCC(=O)Nc1ccccc1C. The van der Waals surface area contributed by atoms with Gasteiger partial charge in [0.25, 0.3) is 11.5 Å². The Labute approximate surface area is 228 Å². The molecule has 0 unspecified atom stereocenters. The lowest BCUT2D eigenvalue weighted by molar-refractivity contribution is -0.118. The van der Waals surface area contributed by atoms with E-state index in [9.17, 15) is 9.59 Å². The molecule has 0 fully saturated rings. The van der Waals surface area contributed by atoms with Crippen LogP contribution in [0.4, 0.5) is 5.69 Å². The molecule has 1 N–H and O–H groups in total. The first kappa shape index (κ1) is 26.6. The van der Waals surface area contributed by atoms with E-state index in [1.807, 2.05) is 43.3 Å². The molecule has 0 spiro atoms. The van der Waals surface area contributed by atoms with Gasteiger partial charge in [-0.15, -0.1) is 0 Å². The van der Waals surface area contributed by atoms with Crippen molar-refractivity contribution in [3.63, 3.8) is 0 Å². The van der Waals surface area contributed by atoms with Gasteiger partial charge in [-0.1, -0.05) is 59.1 Å². The van der Waals surface area contributed by atoms with Crippen LogP contribution in [0, 0.1) is 6.92 Å². The quantitative estimate of drug-likeness (QED) is 0.233. The summed E-state index contributed by atoms with van der Waals surface area (Å²) in [5.41, 5.74) is 2.56. The van der Waals surface area contributed by atoms with Crippen LogP contribution in [0.25, 0.3) is 10.9 Å². The zero-order chi connectivity index (χ0) is 26.4. The molecule has 9 heteroatoms. The smallest absolute Gasteiger partial charge is 0.282 e. The van der Waals surface area contributed by atoms with Crippen molar-refractivity contribution >= 4 is 56.2 Å². The maximum absolute atomic E-state index is 13.3. The van der Waals surface area contributed by atoms with Crippen LogP contribution in [0.15, 0.2) is 75.0 Å². The minimum Gasteiger partial charge on any atom is -0.483 e. The van der Waals surface area contributed by atoms with Crippen LogP contribution in [0.3, 0.4) is 0 Å². The number of hydrogen-bond donors (Lipinski definition) is 1. The lowest BCUT2D eigenvalue weighted by Crippen LogP contribution is -2.23. The first-order valence-electron chi connectivity index (χ1n) is 11.9. The molecule has 0 saturated carbocycles. The fourth-order valence-electron chi connectivity index (χ4n) is 3.72. The molecule has 0 saturated heterocycles. The van der Waals surface area contributed by atoms with Gasteiger partial charge in [0.1, 0.15) is 11.6 Å². The zero-order valence-electron chi connectivity index (χ0n) is 20.5. The summed E-state index contributed by atoms with van der Waals surface area (Å²) in [7, 11) is 0. The van der Waals surface area contributed by atoms with Gasteiger partial charge < -0.3 is 10.1 Å². The van der Waals surface area contributed by atoms with E-state index in [2.05, 4.69) is 33.3 Å². The number of para-hydroxylation sites is 1. The molecule has 190 valence electrons. The molecule has 37 heavy (non-hydrogen) atoms. The molecule has 3 aromatic carbocycles. The largest absolute Gasteiger partial charge is 0.483 e. The molecular weight excluding hydrogens is 556 g/mol. The molecule has 0 atom stereocenters. The van der Waals surface area contributed by atoms with Crippen molar-refractivity contribution in [2.75, 3.05) is 11.9 Å². The fourth-order valence-corrected chi connectivity index (χ4v) is 4.27. The Hall–Kier alpha value is -3.49. The van der Waals surface area contributed by atoms with Crippen LogP contribution in [0.1, 0.15) is 36.7 Å². The number of amides is 1. The number of hydrogen-bond acceptors (Lipinski definition) is 5. The van der Waals surface area contributed by atoms with Crippen LogP contribution < -0.4 is 15.6 Å². The third-order valence-corrected chi connectivity index (χ3v) is 6.42. The number of benzene rings is 3. The number of anilines is 1. The minimum absolute atomic E-state index is 0.204. The molecule has 0 aliphatic heterocycles. The minimum atomic E-state index is -0.297. The maximum atomic E-state index is 13.3. The average Bonchev–Trinajstić information content (AvgIpc) is 2.88. The van der Waals surface area contributed by atoms with Gasteiger partial charge in [-0.05, 0) is 61.4 Å². The van der Waals surface area contributed by atoms with Crippen molar-refractivity contribution in [3.05, 3.63) is 97.5 Å². The summed E-state index contributed by atoms with van der Waals surface area (Å²) in [5, 5.41) is 8.25. The third-order valence-electron chi connectivity index (χ3n) is 5.69. The molecule has 0 aliphatic carbocycles. The van der Waals surface area contributed by atoms with E-state index in [1.165, 1.54) is 10.9 Å². The Bertz CT molecular complexity index is 1530. The van der Waals surface area contributed by atoms with Gasteiger partial charge >= 0.3 is 0 Å². The fraction of sp³-hybridized carbons (Fsp3) is 0.214. The molecule has 0 bridgehead atoms. The molecule has 1 amide bonds. The van der Waals surface area contributed by atoms with Crippen LogP contribution in [-0.2, 0) is 11.2 Å². The molecular formula is C28H26BrClN4O3. The van der Waals surface area contributed by atoms with Crippen molar-refractivity contribution in [2.24, 2.45) is 5.10 Å². The normalized spacial score (nSPS) is 11.2. The van der Waals surface area contributed by atoms with E-state index in [0.29, 0.717) is 39.5 Å². The zero-order valence-corrected chi connectivity index (χ0v) is 22.8. The number of nitrogens with one attached hydrogen (secondary N) is 1. The summed E-state index contributed by atoms with van der Waals surface area (Å²) in [6, 6.07) is 17.9. The van der Waals surface area contributed by atoms with E-state index >= 15 is 0 Å². The van der Waals surface area contributed by atoms with E-state index in [4.69, 9.17) is 21.3 Å². The van der Waals surface area contributed by atoms with Gasteiger partial charge in [0, 0.05) is 27.2 Å². The van der Waals surface area contributed by atoms with Crippen molar-refractivity contribution in [3.8, 4) is 5.75 Å². The lowest BCUT2D eigenvalue weighted by Gasteiger charge is -2.12. The van der Waals surface area contributed by atoms with Gasteiger partial charge in [-0.3, -0.25) is 9.59 Å². The second-order valence-electron chi connectivity index (χ2n) is 8.49. The second kappa shape index (κ2) is 12.2. The van der Waals surface area contributed by atoms with Crippen molar-refractivity contribution in [2.45, 2.75) is 33.1 Å². The highest BCUT2D eigenvalue weighted by atomic mass is 79.9. The first-order valence-corrected chi connectivity index (χ1v) is 13.1. The van der Waals surface area contributed by atoms with Crippen molar-refractivity contribution in [1.29, 1.82) is 0 Å². The van der Waals surface area contributed by atoms with Crippen LogP contribution in [0.2, 0.25) is 5.02 Å². The summed E-state index contributed by atoms with van der Waals surface area (Å²) in [5.74, 6) is 0.683. The predicted octanol–water partition coefficient (Wildman–Crippen LogP) is 6.36. The van der Waals surface area contributed by atoms with Gasteiger partial charge in [0.2, 0.25) is 0 Å². The second-order valence-corrected chi connectivity index (χ2v) is 9.84. The standard InChI is InChI=1S/C28H26BrClN4O3/c1-3-4-9-26-32-24-12-10-20(29)15-22(24)28(36)34(26)31-16-19-14-21(30)11-13-25(19)37-17-27(35)33-23-8-6-5-7-18(23)2/h5-8,10-16H,3-4,9,17H2,1-2H3,(H,33,35). The number of ether oxygens (including phenoxy) is 1. The van der Waals surface area contributed by atoms with E-state index in [0.717, 1.165) is 28.6 Å². The summed E-state index contributed by atoms with van der Waals surface area (Å²) < 4.78 is 7.90. The summed E-state index contributed by atoms with van der Waals surface area (Å²) in [4.78, 5) is 30.5. The van der Waals surface area contributed by atoms with Crippen LogP contribution in [-0.4, -0.2) is 28.4 Å². The number of rotatable bonds is 9. The number of fused-ring (bicyclic) bond motifs is 1. The number of unbranched alkanes of at least 4 members (excludes halogenated alkanes) is 1. The number of carbonyl (C=O) groups is 1. The van der Waals surface area contributed by atoms with E-state index in [1.54, 1.807) is 24.3 Å². The Morgan fingerprint density at radius 2 is 2.00 bits per heavy atom. The Morgan fingerprint density at radius 1 is 1.19 bits per heavy atom. The molecule has 1 aromatic heterocycles. The number of aromatic nitrogens is 2. The predicted molar refractivity (Wildman–Crippen MR) is 152 cm³/mol. The monoisotopic (exact) mass is 580 g/mol. The van der Waals surface area contributed by atoms with Gasteiger partial charge in [0.15, 0.2) is 6.61 Å². The lowest BCUT2D eigenvalue weighted by atomic mass is 10.2. The van der Waals surface area contributed by atoms with Crippen molar-refractivity contribution < 1.29 is 9.53 Å². The molecule has 1 heterocycles. The first-order chi connectivity index (χ1) is 17.9. The molecule has 4 aromatic rings. The number of aryl methyl sites for hydroxylation is 2. The summed E-state index contributed by atoms with van der Waals surface area (Å²) >= 11 is 9.65. The van der Waals surface area contributed by atoms with Crippen molar-refractivity contribution in [1.82, 2.24) is 9.66 Å². The molecule has 4 rings (SSSR count). The highest BCUT2D eigenvalue weighted by Gasteiger charge is 2.12. The highest BCUT2D eigenvalue weighted by Crippen LogP contribution is 2.22. The Kier molecular flexibility index (Phi) is 8.74. The van der Waals surface area contributed by atoms with Crippen LogP contribution in [0.5, 0.6) is 5.75 Å². The highest BCUT2D eigenvalue weighted by molar-refractivity contribution is 9.10. The van der Waals surface area contributed by atoms with Gasteiger partial charge in [0.05, 0.1) is 17.1 Å². The summed E-state index contributed by atoms with van der Waals surface area (Å²) in [6.45, 7) is 3.79. The van der Waals surface area contributed by atoms with E-state index in [-0.39, 0.29) is 18.1 Å². The van der Waals surface area contributed by atoms with Gasteiger partial charge in [-0.2, -0.15) is 9.78 Å². The van der Waals surface area contributed by atoms with Gasteiger partial charge in [-0.25, -0.2) is 4.98 Å². The number of carbonyl (C=O) groups excluding carboxylic acids is 1. The summed E-state index contributed by atoms with van der Waals surface area (Å²) in [6.07, 6.45) is 3.93. The third kappa shape index (κ3) is 6.64. The molecule has 0 radical (unpaired) electrons. The maximum Gasteiger partial charge on any atom is 0.282 e. The Morgan fingerprint density at radius 3 is 2.78 bits per heavy atom. The Balaban J connectivity index is 1.62. The molecule has 0 aliphatic rings. The van der Waals surface area contributed by atoms with Crippen LogP contribution >= 0.6 is 27.5 Å². The number of nitrogens with zero attached hydrogens (tertiary/aromatic N) is 3. The number of halogens is 2. The van der Waals surface area contributed by atoms with E-state index < -0.39 is 0 Å². The topological polar surface area (TPSA) is 85.6 Å². The molecule has 7 nitrogen and oxygen atoms in total.